The molecule has 0 saturated heterocycles. The van der Waals surface area contributed by atoms with Crippen LogP contribution in [0.1, 0.15) is 16.1 Å². The standard InChI is InChI=1S/C26H21N5O2/c1-33-24-10-6-5-9-20(24)23-15-22(26(32)28-17-18-11-13-27-14-12-18)29-25-16-21(30-31(23)25)19-7-3-2-4-8-19/h2-16H,17H2,1H3,(H,28,32). The molecule has 2 aromatic carbocycles. The molecule has 5 aromatic rings. The Labute approximate surface area is 190 Å². The van der Waals surface area contributed by atoms with Gasteiger partial charge >= 0.3 is 0 Å². The number of benzene rings is 2. The number of nitrogens with one attached hydrogen (secondary N) is 1. The summed E-state index contributed by atoms with van der Waals surface area (Å²) in [7, 11) is 1.62. The van der Waals surface area contributed by atoms with E-state index in [1.807, 2.05) is 72.8 Å². The van der Waals surface area contributed by atoms with Gasteiger partial charge in [-0.25, -0.2) is 9.50 Å². The van der Waals surface area contributed by atoms with Gasteiger partial charge in [0.25, 0.3) is 5.91 Å². The highest BCUT2D eigenvalue weighted by Gasteiger charge is 2.18. The Hall–Kier alpha value is -4.52. The third-order valence-corrected chi connectivity index (χ3v) is 5.31. The average Bonchev–Trinajstić information content (AvgIpc) is 3.32. The molecule has 0 spiro atoms. The Morgan fingerprint density at radius 1 is 0.970 bits per heavy atom. The SMILES string of the molecule is COc1ccccc1-c1cc(C(=O)NCc2ccncc2)nc2cc(-c3ccccc3)nn12. The van der Waals surface area contributed by atoms with Crippen LogP contribution in [0, 0.1) is 0 Å². The zero-order chi connectivity index (χ0) is 22.6. The first-order chi connectivity index (χ1) is 16.2. The van der Waals surface area contributed by atoms with Crippen LogP contribution in [-0.2, 0) is 6.54 Å². The first-order valence-electron chi connectivity index (χ1n) is 10.5. The smallest absolute Gasteiger partial charge is 0.270 e. The van der Waals surface area contributed by atoms with Crippen LogP contribution in [0.15, 0.2) is 91.3 Å². The molecule has 5 rings (SSSR count). The second-order valence-corrected chi connectivity index (χ2v) is 7.43. The average molecular weight is 435 g/mol. The molecule has 0 fully saturated rings. The van der Waals surface area contributed by atoms with E-state index in [1.54, 1.807) is 30.1 Å². The molecule has 0 unspecified atom stereocenters. The highest BCUT2D eigenvalue weighted by molar-refractivity contribution is 5.94. The van der Waals surface area contributed by atoms with Crippen molar-refractivity contribution in [1.29, 1.82) is 0 Å². The van der Waals surface area contributed by atoms with Crippen molar-refractivity contribution >= 4 is 11.6 Å². The maximum atomic E-state index is 13.0. The molecular formula is C26H21N5O2. The summed E-state index contributed by atoms with van der Waals surface area (Å²) in [5.41, 5.74) is 5.11. The molecule has 0 aliphatic rings. The van der Waals surface area contributed by atoms with Crippen LogP contribution in [-0.4, -0.2) is 32.6 Å². The fraction of sp³-hybridized carbons (Fsp3) is 0.0769. The quantitative estimate of drug-likeness (QED) is 0.428. The lowest BCUT2D eigenvalue weighted by Crippen LogP contribution is -2.24. The molecule has 0 aliphatic heterocycles. The van der Waals surface area contributed by atoms with Crippen LogP contribution >= 0.6 is 0 Å². The van der Waals surface area contributed by atoms with Gasteiger partial charge < -0.3 is 10.1 Å². The van der Waals surface area contributed by atoms with Crippen LogP contribution in [0.25, 0.3) is 28.2 Å². The number of amides is 1. The monoisotopic (exact) mass is 435 g/mol. The van der Waals surface area contributed by atoms with Gasteiger partial charge in [-0.15, -0.1) is 0 Å². The number of para-hydroxylation sites is 1. The number of carbonyl (C=O) groups excluding carboxylic acids is 1. The maximum Gasteiger partial charge on any atom is 0.270 e. The summed E-state index contributed by atoms with van der Waals surface area (Å²) in [5.74, 6) is 0.415. The van der Waals surface area contributed by atoms with Crippen molar-refractivity contribution in [2.45, 2.75) is 6.54 Å². The van der Waals surface area contributed by atoms with Gasteiger partial charge in [-0.1, -0.05) is 42.5 Å². The van der Waals surface area contributed by atoms with E-state index in [1.165, 1.54) is 0 Å². The minimum Gasteiger partial charge on any atom is -0.496 e. The Bertz CT molecular complexity index is 1420. The molecule has 1 N–H and O–H groups in total. The molecule has 3 heterocycles. The van der Waals surface area contributed by atoms with Gasteiger partial charge in [0.15, 0.2) is 5.65 Å². The highest BCUT2D eigenvalue weighted by atomic mass is 16.5. The number of nitrogens with zero attached hydrogens (tertiary/aromatic N) is 4. The molecule has 0 atom stereocenters. The van der Waals surface area contributed by atoms with Crippen LogP contribution in [0.3, 0.4) is 0 Å². The Balaban J connectivity index is 1.61. The fourth-order valence-corrected chi connectivity index (χ4v) is 3.66. The number of hydrogen-bond acceptors (Lipinski definition) is 5. The molecular weight excluding hydrogens is 414 g/mol. The molecule has 33 heavy (non-hydrogen) atoms. The third kappa shape index (κ3) is 4.16. The fourth-order valence-electron chi connectivity index (χ4n) is 3.66. The minimum absolute atomic E-state index is 0.270. The van der Waals surface area contributed by atoms with Gasteiger partial charge in [0.2, 0.25) is 0 Å². The van der Waals surface area contributed by atoms with Gasteiger partial charge in [-0.3, -0.25) is 9.78 Å². The lowest BCUT2D eigenvalue weighted by Gasteiger charge is -2.12. The summed E-state index contributed by atoms with van der Waals surface area (Å²) >= 11 is 0. The highest BCUT2D eigenvalue weighted by Crippen LogP contribution is 2.31. The van der Waals surface area contributed by atoms with E-state index in [-0.39, 0.29) is 5.91 Å². The Kier molecular flexibility index (Phi) is 5.51. The van der Waals surface area contributed by atoms with Crippen LogP contribution in [0.4, 0.5) is 0 Å². The van der Waals surface area contributed by atoms with Crippen molar-refractivity contribution in [1.82, 2.24) is 24.9 Å². The number of aromatic nitrogens is 4. The summed E-state index contributed by atoms with van der Waals surface area (Å²) in [6, 6.07) is 24.9. The van der Waals surface area contributed by atoms with Gasteiger partial charge in [0.1, 0.15) is 11.4 Å². The van der Waals surface area contributed by atoms with Crippen molar-refractivity contribution in [2.75, 3.05) is 7.11 Å². The van der Waals surface area contributed by atoms with Crippen molar-refractivity contribution in [3.63, 3.8) is 0 Å². The first-order valence-corrected chi connectivity index (χ1v) is 10.5. The predicted molar refractivity (Wildman–Crippen MR) is 126 cm³/mol. The Morgan fingerprint density at radius 2 is 1.73 bits per heavy atom. The molecule has 7 nitrogen and oxygen atoms in total. The molecule has 7 heteroatoms. The molecule has 3 aromatic heterocycles. The van der Waals surface area contributed by atoms with Crippen molar-refractivity contribution < 1.29 is 9.53 Å². The second-order valence-electron chi connectivity index (χ2n) is 7.43. The first kappa shape index (κ1) is 20.4. The van der Waals surface area contributed by atoms with Crippen molar-refractivity contribution in [3.05, 3.63) is 103 Å². The maximum absolute atomic E-state index is 13.0. The van der Waals surface area contributed by atoms with Crippen LogP contribution in [0.5, 0.6) is 5.75 Å². The molecule has 1 amide bonds. The van der Waals surface area contributed by atoms with Crippen LogP contribution in [0.2, 0.25) is 0 Å². The van der Waals surface area contributed by atoms with Gasteiger partial charge in [0, 0.05) is 36.1 Å². The lowest BCUT2D eigenvalue weighted by atomic mass is 10.1. The number of rotatable bonds is 6. The van der Waals surface area contributed by atoms with E-state index in [2.05, 4.69) is 15.3 Å². The van der Waals surface area contributed by atoms with Gasteiger partial charge in [-0.05, 0) is 35.9 Å². The Morgan fingerprint density at radius 3 is 2.52 bits per heavy atom. The zero-order valence-corrected chi connectivity index (χ0v) is 18.0. The summed E-state index contributed by atoms with van der Waals surface area (Å²) in [6.07, 6.45) is 3.39. The molecule has 0 radical (unpaired) electrons. The molecule has 0 saturated carbocycles. The van der Waals surface area contributed by atoms with E-state index < -0.39 is 0 Å². The normalized spacial score (nSPS) is 10.8. The topological polar surface area (TPSA) is 81.4 Å². The van der Waals surface area contributed by atoms with E-state index in [4.69, 9.17) is 9.84 Å². The predicted octanol–water partition coefficient (Wildman–Crippen LogP) is 4.40. The third-order valence-electron chi connectivity index (χ3n) is 5.31. The summed E-state index contributed by atoms with van der Waals surface area (Å²) in [5, 5.41) is 7.72. The molecule has 162 valence electrons. The summed E-state index contributed by atoms with van der Waals surface area (Å²) < 4.78 is 7.33. The van der Waals surface area contributed by atoms with E-state index in [0.717, 1.165) is 22.4 Å². The van der Waals surface area contributed by atoms with Gasteiger partial charge in [0.05, 0.1) is 18.5 Å². The number of hydrogen-bond donors (Lipinski definition) is 1. The van der Waals surface area contributed by atoms with Crippen molar-refractivity contribution in [3.8, 4) is 28.3 Å². The number of ether oxygens (including phenoxy) is 1. The number of fused-ring (bicyclic) bond motifs is 1. The lowest BCUT2D eigenvalue weighted by molar-refractivity contribution is 0.0946. The number of carbonyl (C=O) groups is 1. The largest absolute Gasteiger partial charge is 0.496 e. The minimum atomic E-state index is -0.270. The van der Waals surface area contributed by atoms with Crippen LogP contribution < -0.4 is 10.1 Å². The summed E-state index contributed by atoms with van der Waals surface area (Å²) in [6.45, 7) is 0.382. The van der Waals surface area contributed by atoms with E-state index >= 15 is 0 Å². The second kappa shape index (κ2) is 8.92. The van der Waals surface area contributed by atoms with E-state index in [0.29, 0.717) is 29.3 Å². The number of pyridine rings is 1. The van der Waals surface area contributed by atoms with E-state index in [9.17, 15) is 4.79 Å². The van der Waals surface area contributed by atoms with Gasteiger partial charge in [-0.2, -0.15) is 5.10 Å². The number of methoxy groups -OCH3 is 1. The summed E-state index contributed by atoms with van der Waals surface area (Å²) in [4.78, 5) is 21.6. The van der Waals surface area contributed by atoms with Crippen molar-refractivity contribution in [2.24, 2.45) is 0 Å². The molecule has 0 bridgehead atoms. The molecule has 0 aliphatic carbocycles. The zero-order valence-electron chi connectivity index (χ0n) is 18.0.